The number of methoxy groups -OCH3 is 2. The van der Waals surface area contributed by atoms with E-state index in [1.54, 1.807) is 50.4 Å². The van der Waals surface area contributed by atoms with Crippen molar-refractivity contribution in [3.8, 4) is 17.2 Å². The maximum absolute atomic E-state index is 14.0. The number of aromatic hydroxyl groups is 1. The minimum absolute atomic E-state index is 0.0736. The van der Waals surface area contributed by atoms with Gasteiger partial charge in [-0.1, -0.05) is 40.6 Å². The number of rotatable bonds is 8. The van der Waals surface area contributed by atoms with Crippen molar-refractivity contribution in [3.63, 3.8) is 0 Å². The Bertz CT molecular complexity index is 1610. The van der Waals surface area contributed by atoms with E-state index in [4.69, 9.17) is 19.2 Å². The van der Waals surface area contributed by atoms with E-state index in [1.165, 1.54) is 23.0 Å². The fourth-order valence-electron chi connectivity index (χ4n) is 4.31. The Labute approximate surface area is 245 Å². The average Bonchev–Trinajstić information content (AvgIpc) is 3.20. The molecule has 200 valence electrons. The largest absolute Gasteiger partial charge is 0.506 e. The molecule has 3 aromatic rings. The van der Waals surface area contributed by atoms with Crippen LogP contribution in [0.2, 0.25) is 0 Å². The number of hydrogen-bond acceptors (Lipinski definition) is 8. The minimum Gasteiger partial charge on any atom is -0.506 e. The molecule has 0 saturated carbocycles. The summed E-state index contributed by atoms with van der Waals surface area (Å²) in [5.74, 6) is 0.575. The van der Waals surface area contributed by atoms with Gasteiger partial charge < -0.3 is 19.3 Å². The predicted octanol–water partition coefficient (Wildman–Crippen LogP) is 4.67. The van der Waals surface area contributed by atoms with Gasteiger partial charge in [0.05, 0.1) is 40.2 Å². The molecule has 0 amide bonds. The summed E-state index contributed by atoms with van der Waals surface area (Å²) in [7, 11) is 3.08. The van der Waals surface area contributed by atoms with E-state index < -0.39 is 12.0 Å². The van der Waals surface area contributed by atoms with E-state index in [0.29, 0.717) is 53.2 Å². The first-order chi connectivity index (χ1) is 18.2. The standard InChI is InChI=1S/C27H26BrIN2O6S/c1-5-7-19-22(26(34)37-6-2)23(17-13-16(35-3)8-9-20(17)36-4)31-25(33)21(38-27(31)30-19)11-14-10-15(28)12-18(29)24(14)32/h8-13,23,32H,5-7H2,1-4H3/b21-11-/t23-/m0/s1. The number of carbonyl (C=O) groups excluding carboxylic acids is 1. The fraction of sp³-hybridized carbons (Fsp3) is 0.296. The van der Waals surface area contributed by atoms with Crippen LogP contribution in [0.3, 0.4) is 0 Å². The zero-order valence-electron chi connectivity index (χ0n) is 21.2. The molecule has 0 aliphatic carbocycles. The molecule has 1 aromatic heterocycles. The lowest BCUT2D eigenvalue weighted by molar-refractivity contribution is -0.139. The van der Waals surface area contributed by atoms with E-state index >= 15 is 0 Å². The zero-order chi connectivity index (χ0) is 27.6. The fourth-order valence-corrected chi connectivity index (χ4v) is 6.87. The van der Waals surface area contributed by atoms with E-state index in [2.05, 4.69) is 15.9 Å². The first-order valence-electron chi connectivity index (χ1n) is 11.9. The molecule has 1 aliphatic heterocycles. The van der Waals surface area contributed by atoms with Crippen LogP contribution in [0, 0.1) is 3.57 Å². The van der Waals surface area contributed by atoms with Crippen molar-refractivity contribution in [1.29, 1.82) is 0 Å². The van der Waals surface area contributed by atoms with Gasteiger partial charge in [-0.3, -0.25) is 9.36 Å². The molecule has 1 N–H and O–H groups in total. The highest BCUT2D eigenvalue weighted by Crippen LogP contribution is 2.39. The highest BCUT2D eigenvalue weighted by atomic mass is 127. The van der Waals surface area contributed by atoms with E-state index in [1.807, 2.05) is 29.5 Å². The number of benzene rings is 2. The van der Waals surface area contributed by atoms with Crippen molar-refractivity contribution >= 4 is 61.9 Å². The van der Waals surface area contributed by atoms with Crippen molar-refractivity contribution in [3.05, 3.63) is 80.5 Å². The number of ether oxygens (including phenoxy) is 3. The van der Waals surface area contributed by atoms with Crippen LogP contribution in [0.25, 0.3) is 6.08 Å². The van der Waals surface area contributed by atoms with Crippen LogP contribution in [-0.4, -0.2) is 36.5 Å². The molecule has 11 heteroatoms. The second-order valence-corrected chi connectivity index (χ2v) is 11.4. The summed E-state index contributed by atoms with van der Waals surface area (Å²) in [6.07, 6.45) is 2.90. The number of phenolic OH excluding ortho intramolecular Hbond substituents is 1. The van der Waals surface area contributed by atoms with Crippen LogP contribution < -0.4 is 24.4 Å². The zero-order valence-corrected chi connectivity index (χ0v) is 25.8. The van der Waals surface area contributed by atoms with Gasteiger partial charge >= 0.3 is 5.97 Å². The van der Waals surface area contributed by atoms with Crippen LogP contribution >= 0.6 is 49.9 Å². The summed E-state index contributed by atoms with van der Waals surface area (Å²) in [4.78, 5) is 32.6. The number of allylic oxidation sites excluding steroid dienone is 1. The van der Waals surface area contributed by atoms with Crippen molar-refractivity contribution in [2.75, 3.05) is 20.8 Å². The van der Waals surface area contributed by atoms with Crippen LogP contribution in [0.15, 0.2) is 55.9 Å². The number of esters is 1. The molecule has 1 atom stereocenters. The van der Waals surface area contributed by atoms with E-state index in [-0.39, 0.29) is 17.9 Å². The molecule has 2 aromatic carbocycles. The Hall–Kier alpha value is -2.64. The normalized spacial score (nSPS) is 15.2. The highest BCUT2D eigenvalue weighted by molar-refractivity contribution is 14.1. The maximum atomic E-state index is 14.0. The average molecular weight is 713 g/mol. The molecule has 0 bridgehead atoms. The lowest BCUT2D eigenvalue weighted by atomic mass is 9.93. The number of phenols is 1. The summed E-state index contributed by atoms with van der Waals surface area (Å²) >= 11 is 6.68. The van der Waals surface area contributed by atoms with Crippen LogP contribution in [0.1, 0.15) is 43.9 Å². The van der Waals surface area contributed by atoms with Gasteiger partial charge in [0.2, 0.25) is 0 Å². The van der Waals surface area contributed by atoms with Gasteiger partial charge in [0.25, 0.3) is 5.56 Å². The summed E-state index contributed by atoms with van der Waals surface area (Å²) in [6, 6.07) is 7.93. The second-order valence-electron chi connectivity index (χ2n) is 8.35. The highest BCUT2D eigenvalue weighted by Gasteiger charge is 2.36. The Balaban J connectivity index is 2.08. The Morgan fingerprint density at radius 2 is 2.00 bits per heavy atom. The molecule has 0 unspecified atom stereocenters. The molecule has 1 aliphatic rings. The summed E-state index contributed by atoms with van der Waals surface area (Å²) in [5, 5.41) is 10.6. The number of thiazole rings is 1. The third-order valence-electron chi connectivity index (χ3n) is 5.97. The quantitative estimate of drug-likeness (QED) is 0.270. The predicted molar refractivity (Wildman–Crippen MR) is 158 cm³/mol. The van der Waals surface area contributed by atoms with Crippen LogP contribution in [-0.2, 0) is 9.53 Å². The van der Waals surface area contributed by atoms with Crippen molar-refractivity contribution < 1.29 is 24.1 Å². The third-order valence-corrected chi connectivity index (χ3v) is 8.23. The van der Waals surface area contributed by atoms with Crippen LogP contribution in [0.5, 0.6) is 17.2 Å². The van der Waals surface area contributed by atoms with Gasteiger partial charge in [-0.05, 0) is 72.3 Å². The minimum atomic E-state index is -0.852. The molecule has 4 rings (SSSR count). The SMILES string of the molecule is CCCC1=C(C(=O)OCC)[C@H](c2cc(OC)ccc2OC)n2c(s/c(=C\c3cc(Br)cc(I)c3O)c2=O)=N1. The van der Waals surface area contributed by atoms with Gasteiger partial charge in [0.15, 0.2) is 4.80 Å². The Morgan fingerprint density at radius 1 is 1.24 bits per heavy atom. The summed E-state index contributed by atoms with van der Waals surface area (Å²) < 4.78 is 19.9. The molecule has 38 heavy (non-hydrogen) atoms. The molecule has 0 spiro atoms. The van der Waals surface area contributed by atoms with Crippen molar-refractivity contribution in [1.82, 2.24) is 4.57 Å². The maximum Gasteiger partial charge on any atom is 0.338 e. The van der Waals surface area contributed by atoms with Crippen molar-refractivity contribution in [2.24, 2.45) is 4.99 Å². The molecule has 0 saturated heterocycles. The van der Waals surface area contributed by atoms with Crippen molar-refractivity contribution in [2.45, 2.75) is 32.7 Å². The van der Waals surface area contributed by atoms with Gasteiger partial charge in [0, 0.05) is 15.6 Å². The smallest absolute Gasteiger partial charge is 0.338 e. The number of hydrogen-bond donors (Lipinski definition) is 1. The molecule has 0 fully saturated rings. The molecule has 2 heterocycles. The Kier molecular flexibility index (Phi) is 8.99. The van der Waals surface area contributed by atoms with Gasteiger partial charge in [-0.15, -0.1) is 0 Å². The summed E-state index contributed by atoms with van der Waals surface area (Å²) in [6.45, 7) is 3.91. The first kappa shape index (κ1) is 28.4. The Morgan fingerprint density at radius 3 is 2.66 bits per heavy atom. The molecule has 0 radical (unpaired) electrons. The number of halogens is 2. The number of carbonyl (C=O) groups is 1. The van der Waals surface area contributed by atoms with E-state index in [9.17, 15) is 14.7 Å². The number of nitrogens with zero attached hydrogens (tertiary/aromatic N) is 2. The van der Waals surface area contributed by atoms with Crippen LogP contribution in [0.4, 0.5) is 0 Å². The topological polar surface area (TPSA) is 99.4 Å². The molecular formula is C27H26BrIN2O6S. The monoisotopic (exact) mass is 712 g/mol. The van der Waals surface area contributed by atoms with E-state index in [0.717, 1.165) is 10.9 Å². The number of fused-ring (bicyclic) bond motifs is 1. The number of aromatic nitrogens is 1. The third kappa shape index (κ3) is 5.41. The second kappa shape index (κ2) is 12.0. The lowest BCUT2D eigenvalue weighted by Gasteiger charge is -2.27. The lowest BCUT2D eigenvalue weighted by Crippen LogP contribution is -2.40. The first-order valence-corrected chi connectivity index (χ1v) is 14.5. The van der Waals surface area contributed by atoms with Gasteiger partial charge in [0.1, 0.15) is 23.3 Å². The summed E-state index contributed by atoms with van der Waals surface area (Å²) in [5.41, 5.74) is 1.57. The van der Waals surface area contributed by atoms with Gasteiger partial charge in [-0.25, -0.2) is 9.79 Å². The van der Waals surface area contributed by atoms with Gasteiger partial charge in [-0.2, -0.15) is 0 Å². The molecular weight excluding hydrogens is 687 g/mol. The molecule has 8 nitrogen and oxygen atoms in total.